The number of nitrogens with zero attached hydrogens (tertiary/aromatic N) is 2. The Morgan fingerprint density at radius 2 is 1.70 bits per heavy atom. The molecule has 1 aromatic heterocycles. The summed E-state index contributed by atoms with van der Waals surface area (Å²) in [5, 5.41) is 3.05. The Bertz CT molecular complexity index is 826. The number of rotatable bonds is 4. The molecule has 2 aromatic rings. The molecule has 0 spiro atoms. The van der Waals surface area contributed by atoms with Gasteiger partial charge in [-0.2, -0.15) is 0 Å². The molecule has 0 radical (unpaired) electrons. The summed E-state index contributed by atoms with van der Waals surface area (Å²) in [7, 11) is 0. The van der Waals surface area contributed by atoms with Crippen molar-refractivity contribution in [2.24, 2.45) is 0 Å². The van der Waals surface area contributed by atoms with E-state index in [-0.39, 0.29) is 18.1 Å². The van der Waals surface area contributed by atoms with Gasteiger partial charge in [0.15, 0.2) is 0 Å². The maximum absolute atomic E-state index is 12.8. The lowest BCUT2D eigenvalue weighted by Crippen LogP contribution is -2.45. The first-order valence-electron chi connectivity index (χ1n) is 9.92. The maximum Gasteiger partial charge on any atom is 0.257 e. The largest absolute Gasteiger partial charge is 0.372 e. The van der Waals surface area contributed by atoms with E-state index >= 15 is 0 Å². The number of benzene rings is 1. The van der Waals surface area contributed by atoms with Gasteiger partial charge in [0.25, 0.3) is 5.91 Å². The molecule has 2 heterocycles. The summed E-state index contributed by atoms with van der Waals surface area (Å²) in [6.07, 6.45) is 2.90. The van der Waals surface area contributed by atoms with Crippen LogP contribution in [0.25, 0.3) is 0 Å². The minimum Gasteiger partial charge on any atom is -0.372 e. The topological polar surface area (TPSA) is 46.5 Å². The highest BCUT2D eigenvalue weighted by molar-refractivity contribution is 6.05. The van der Waals surface area contributed by atoms with Gasteiger partial charge in [0.1, 0.15) is 0 Å². The predicted octanol–water partition coefficient (Wildman–Crippen LogP) is 4.31. The summed E-state index contributed by atoms with van der Waals surface area (Å²) in [5.41, 5.74) is 5.02. The van der Waals surface area contributed by atoms with Gasteiger partial charge in [-0.05, 0) is 70.9 Å². The molecule has 1 N–H and O–H groups in total. The van der Waals surface area contributed by atoms with Crippen LogP contribution in [-0.2, 0) is 4.74 Å². The number of carbonyl (C=O) groups is 1. The summed E-state index contributed by atoms with van der Waals surface area (Å²) < 4.78 is 8.11. The first-order valence-corrected chi connectivity index (χ1v) is 9.92. The lowest BCUT2D eigenvalue weighted by molar-refractivity contribution is -0.00521. The van der Waals surface area contributed by atoms with Crippen molar-refractivity contribution in [1.29, 1.82) is 0 Å². The van der Waals surface area contributed by atoms with Crippen molar-refractivity contribution in [3.8, 4) is 0 Å². The molecule has 2 atom stereocenters. The van der Waals surface area contributed by atoms with Crippen LogP contribution in [0.15, 0.2) is 30.3 Å². The quantitative estimate of drug-likeness (QED) is 0.876. The van der Waals surface area contributed by atoms with E-state index in [2.05, 4.69) is 47.7 Å². The molecule has 27 heavy (non-hydrogen) atoms. The van der Waals surface area contributed by atoms with Gasteiger partial charge >= 0.3 is 0 Å². The van der Waals surface area contributed by atoms with E-state index in [9.17, 15) is 4.79 Å². The number of ether oxygens (including phenoxy) is 1. The summed E-state index contributed by atoms with van der Waals surface area (Å²) in [4.78, 5) is 15.1. The lowest BCUT2D eigenvalue weighted by Gasteiger charge is -2.36. The normalized spacial score (nSPS) is 22.7. The highest BCUT2D eigenvalue weighted by Gasteiger charge is 2.28. The van der Waals surface area contributed by atoms with Crippen molar-refractivity contribution >= 4 is 17.3 Å². The Balaban J connectivity index is 1.45. The second-order valence-corrected chi connectivity index (χ2v) is 8.05. The van der Waals surface area contributed by atoms with E-state index in [1.54, 1.807) is 0 Å². The van der Waals surface area contributed by atoms with Crippen LogP contribution in [0.3, 0.4) is 0 Å². The van der Waals surface area contributed by atoms with Crippen molar-refractivity contribution in [2.75, 3.05) is 23.3 Å². The highest BCUT2D eigenvalue weighted by atomic mass is 16.5. The summed E-state index contributed by atoms with van der Waals surface area (Å²) in [5.74, 6) is -0.0311. The molecule has 1 amide bonds. The minimum atomic E-state index is -0.0311. The SMILES string of the molecule is Cc1cc(C(=O)Nc2ccc(N3C[C@@H](C)O[C@H](C)C3)cc2)c(C)n1C1CC1. The molecule has 5 heteroatoms. The fraction of sp³-hybridized carbons (Fsp3) is 0.500. The molecule has 1 aliphatic heterocycles. The fourth-order valence-electron chi connectivity index (χ4n) is 4.24. The van der Waals surface area contributed by atoms with E-state index in [0.29, 0.717) is 6.04 Å². The van der Waals surface area contributed by atoms with Crippen molar-refractivity contribution in [1.82, 2.24) is 4.57 Å². The zero-order valence-corrected chi connectivity index (χ0v) is 16.7. The summed E-state index contributed by atoms with van der Waals surface area (Å²) in [6.45, 7) is 10.1. The van der Waals surface area contributed by atoms with E-state index < -0.39 is 0 Å². The van der Waals surface area contributed by atoms with Gasteiger partial charge in [0.05, 0.1) is 17.8 Å². The third kappa shape index (κ3) is 3.74. The molecular formula is C22H29N3O2. The average Bonchev–Trinajstić information content (AvgIpc) is 3.39. The van der Waals surface area contributed by atoms with Crippen LogP contribution in [0.5, 0.6) is 0 Å². The van der Waals surface area contributed by atoms with E-state index in [4.69, 9.17) is 4.74 Å². The van der Waals surface area contributed by atoms with Crippen molar-refractivity contribution in [3.63, 3.8) is 0 Å². The molecule has 0 unspecified atom stereocenters. The van der Waals surface area contributed by atoms with Crippen LogP contribution < -0.4 is 10.2 Å². The monoisotopic (exact) mass is 367 g/mol. The highest BCUT2D eigenvalue weighted by Crippen LogP contribution is 2.38. The van der Waals surface area contributed by atoms with Crippen molar-refractivity contribution in [3.05, 3.63) is 47.3 Å². The summed E-state index contributed by atoms with van der Waals surface area (Å²) >= 11 is 0. The molecule has 1 saturated heterocycles. The van der Waals surface area contributed by atoms with Gasteiger partial charge in [-0.1, -0.05) is 0 Å². The maximum atomic E-state index is 12.8. The number of carbonyl (C=O) groups excluding carboxylic acids is 1. The number of morpholine rings is 1. The van der Waals surface area contributed by atoms with Gasteiger partial charge in [-0.15, -0.1) is 0 Å². The number of hydrogen-bond donors (Lipinski definition) is 1. The van der Waals surface area contributed by atoms with Crippen molar-refractivity contribution in [2.45, 2.75) is 58.8 Å². The van der Waals surface area contributed by atoms with Gasteiger partial charge in [-0.3, -0.25) is 4.79 Å². The Hall–Kier alpha value is -2.27. The van der Waals surface area contributed by atoms with E-state index in [0.717, 1.165) is 30.0 Å². The number of nitrogens with one attached hydrogen (secondary N) is 1. The van der Waals surface area contributed by atoms with Crippen molar-refractivity contribution < 1.29 is 9.53 Å². The lowest BCUT2D eigenvalue weighted by atomic mass is 10.2. The Kier molecular flexibility index (Phi) is 4.72. The molecule has 4 rings (SSSR count). The number of hydrogen-bond acceptors (Lipinski definition) is 3. The zero-order valence-electron chi connectivity index (χ0n) is 16.7. The second-order valence-electron chi connectivity index (χ2n) is 8.05. The molecule has 2 aliphatic rings. The molecule has 2 fully saturated rings. The zero-order chi connectivity index (χ0) is 19.1. The minimum absolute atomic E-state index is 0.0311. The fourth-order valence-corrected chi connectivity index (χ4v) is 4.24. The molecule has 1 aliphatic carbocycles. The van der Waals surface area contributed by atoms with Crippen LogP contribution in [0.1, 0.15) is 54.5 Å². The van der Waals surface area contributed by atoms with Gasteiger partial charge in [0, 0.05) is 41.9 Å². The molecule has 1 aromatic carbocycles. The first-order chi connectivity index (χ1) is 12.9. The van der Waals surface area contributed by atoms with E-state index in [1.165, 1.54) is 24.2 Å². The third-order valence-electron chi connectivity index (χ3n) is 5.55. The van der Waals surface area contributed by atoms with Crippen LogP contribution in [0.2, 0.25) is 0 Å². The predicted molar refractivity (Wildman–Crippen MR) is 109 cm³/mol. The van der Waals surface area contributed by atoms with Gasteiger partial charge in [-0.25, -0.2) is 0 Å². The standard InChI is InChI=1S/C22H29N3O2/c1-14-11-21(17(4)25(14)20-9-10-20)22(26)23-18-5-7-19(8-6-18)24-12-15(2)27-16(3)13-24/h5-8,11,15-16,20H,9-10,12-13H2,1-4H3,(H,23,26)/t15-,16-/m1/s1. The molecule has 144 valence electrons. The Labute approximate surface area is 161 Å². The number of aromatic nitrogens is 1. The molecule has 1 saturated carbocycles. The smallest absolute Gasteiger partial charge is 0.257 e. The first kappa shape index (κ1) is 18.1. The second kappa shape index (κ2) is 7.04. The third-order valence-corrected chi connectivity index (χ3v) is 5.55. The van der Waals surface area contributed by atoms with Gasteiger partial charge in [0.2, 0.25) is 0 Å². The average molecular weight is 367 g/mol. The molecule has 5 nitrogen and oxygen atoms in total. The Morgan fingerprint density at radius 3 is 2.30 bits per heavy atom. The number of aryl methyl sites for hydroxylation is 1. The van der Waals surface area contributed by atoms with E-state index in [1.807, 2.05) is 25.1 Å². The van der Waals surface area contributed by atoms with Crippen LogP contribution >= 0.6 is 0 Å². The molecule has 0 bridgehead atoms. The summed E-state index contributed by atoms with van der Waals surface area (Å²) in [6, 6.07) is 10.7. The van der Waals surface area contributed by atoms with Crippen LogP contribution in [-0.4, -0.2) is 35.8 Å². The Morgan fingerprint density at radius 1 is 1.07 bits per heavy atom. The van der Waals surface area contributed by atoms with Gasteiger partial charge < -0.3 is 19.5 Å². The number of amides is 1. The van der Waals surface area contributed by atoms with Crippen LogP contribution in [0.4, 0.5) is 11.4 Å². The number of anilines is 2. The molecular weight excluding hydrogens is 338 g/mol. The van der Waals surface area contributed by atoms with Crippen LogP contribution in [0, 0.1) is 13.8 Å².